The first kappa shape index (κ1) is 23.2. The molecular weight excluding hydrogens is 475 g/mol. The largest absolute Gasteiger partial charge is 0.423 e. The number of alkyl halides is 3. The summed E-state index contributed by atoms with van der Waals surface area (Å²) in [6, 6.07) is 14.7. The molecule has 0 saturated heterocycles. The number of hydrogen-bond acceptors (Lipinski definition) is 5. The smallest absolute Gasteiger partial charge is 0.417 e. The van der Waals surface area contributed by atoms with Gasteiger partial charge in [-0.2, -0.15) is 13.2 Å². The predicted octanol–water partition coefficient (Wildman–Crippen LogP) is 4.99. The summed E-state index contributed by atoms with van der Waals surface area (Å²) in [5.41, 5.74) is -0.980. The number of rotatable bonds is 7. The van der Waals surface area contributed by atoms with Crippen LogP contribution in [0.5, 0.6) is 0 Å². The van der Waals surface area contributed by atoms with Gasteiger partial charge in [0.15, 0.2) is 0 Å². The summed E-state index contributed by atoms with van der Waals surface area (Å²) in [6.07, 6.45) is -3.82. The van der Waals surface area contributed by atoms with Crippen LogP contribution in [0.25, 0.3) is 11.0 Å². The predicted molar refractivity (Wildman–Crippen MR) is 120 cm³/mol. The fourth-order valence-electron chi connectivity index (χ4n) is 3.42. The van der Waals surface area contributed by atoms with Crippen molar-refractivity contribution in [1.82, 2.24) is 4.72 Å². The standard InChI is InChI=1S/C23H18F3NO4S2/c24-23(25,26)20-14-22(28)31-21-8-5-16(13-19(20)21)12-15-3-6-18(7-4-15)33(29,30)27-10-9-17-2-1-11-32-17/h1-8,11,13-14,27H,9-10,12H2. The monoisotopic (exact) mass is 493 g/mol. The van der Waals surface area contributed by atoms with Crippen molar-refractivity contribution in [3.63, 3.8) is 0 Å². The maximum absolute atomic E-state index is 13.3. The van der Waals surface area contributed by atoms with Gasteiger partial charge in [0.25, 0.3) is 0 Å². The summed E-state index contributed by atoms with van der Waals surface area (Å²) in [4.78, 5) is 12.6. The van der Waals surface area contributed by atoms with Crippen molar-refractivity contribution in [3.8, 4) is 0 Å². The van der Waals surface area contributed by atoms with Gasteiger partial charge in [0, 0.05) is 22.9 Å². The second-order valence-electron chi connectivity index (χ2n) is 7.36. The number of benzene rings is 2. The van der Waals surface area contributed by atoms with Crippen molar-refractivity contribution < 1.29 is 26.0 Å². The Labute approximate surface area is 191 Å². The second kappa shape index (κ2) is 9.12. The molecule has 0 fully saturated rings. The average Bonchev–Trinajstić information content (AvgIpc) is 3.26. The van der Waals surface area contributed by atoms with Gasteiger partial charge in [-0.1, -0.05) is 24.3 Å². The van der Waals surface area contributed by atoms with Gasteiger partial charge in [-0.05, 0) is 59.7 Å². The third kappa shape index (κ3) is 5.52. The first-order valence-electron chi connectivity index (χ1n) is 9.87. The van der Waals surface area contributed by atoms with E-state index in [2.05, 4.69) is 4.72 Å². The van der Waals surface area contributed by atoms with E-state index in [-0.39, 0.29) is 28.8 Å². The number of fused-ring (bicyclic) bond motifs is 1. The van der Waals surface area contributed by atoms with Crippen molar-refractivity contribution >= 4 is 32.3 Å². The number of hydrogen-bond donors (Lipinski definition) is 1. The lowest BCUT2D eigenvalue weighted by atomic mass is 10.0. The molecule has 0 atom stereocenters. The molecular formula is C23H18F3NO4S2. The van der Waals surface area contributed by atoms with Gasteiger partial charge in [0.1, 0.15) is 5.58 Å². The molecule has 2 aromatic carbocycles. The van der Waals surface area contributed by atoms with Crippen LogP contribution in [-0.2, 0) is 29.0 Å². The molecule has 172 valence electrons. The number of nitrogens with one attached hydrogen (secondary N) is 1. The van der Waals surface area contributed by atoms with E-state index < -0.39 is 27.4 Å². The Balaban J connectivity index is 1.50. The van der Waals surface area contributed by atoms with Gasteiger partial charge in [-0.25, -0.2) is 17.9 Å². The van der Waals surface area contributed by atoms with Gasteiger partial charge in [0.2, 0.25) is 10.0 Å². The Hall–Kier alpha value is -2.95. The van der Waals surface area contributed by atoms with E-state index in [1.807, 2.05) is 17.5 Å². The van der Waals surface area contributed by atoms with Gasteiger partial charge in [-0.3, -0.25) is 0 Å². The van der Waals surface area contributed by atoms with Crippen LogP contribution in [0.3, 0.4) is 0 Å². The first-order chi connectivity index (χ1) is 15.6. The maximum atomic E-state index is 13.3. The van der Waals surface area contributed by atoms with E-state index in [1.54, 1.807) is 29.5 Å². The summed E-state index contributed by atoms with van der Waals surface area (Å²) in [5, 5.41) is 1.73. The lowest BCUT2D eigenvalue weighted by Crippen LogP contribution is -2.25. The molecule has 0 spiro atoms. The van der Waals surface area contributed by atoms with E-state index >= 15 is 0 Å². The van der Waals surface area contributed by atoms with Gasteiger partial charge in [0.05, 0.1) is 10.5 Å². The van der Waals surface area contributed by atoms with Crippen LogP contribution in [0.4, 0.5) is 13.2 Å². The lowest BCUT2D eigenvalue weighted by molar-refractivity contribution is -0.136. The fraction of sp³-hybridized carbons (Fsp3) is 0.174. The highest BCUT2D eigenvalue weighted by molar-refractivity contribution is 7.89. The molecule has 4 aromatic rings. The van der Waals surface area contributed by atoms with E-state index in [9.17, 15) is 26.4 Å². The summed E-state index contributed by atoms with van der Waals surface area (Å²) in [5.74, 6) is 0. The highest BCUT2D eigenvalue weighted by atomic mass is 32.2. The first-order valence-corrected chi connectivity index (χ1v) is 12.2. The molecule has 5 nitrogen and oxygen atoms in total. The Bertz CT molecular complexity index is 1430. The molecule has 4 rings (SSSR count). The quantitative estimate of drug-likeness (QED) is 0.368. The topological polar surface area (TPSA) is 76.4 Å². The SMILES string of the molecule is O=c1cc(C(F)(F)F)c2cc(Cc3ccc(S(=O)(=O)NCCc4cccs4)cc3)ccc2o1. The summed E-state index contributed by atoms with van der Waals surface area (Å²) < 4.78 is 72.4. The Morgan fingerprint density at radius 2 is 1.70 bits per heavy atom. The highest BCUT2D eigenvalue weighted by Crippen LogP contribution is 2.34. The Morgan fingerprint density at radius 3 is 2.36 bits per heavy atom. The molecule has 10 heteroatoms. The molecule has 0 amide bonds. The number of halogens is 3. The molecule has 0 aliphatic carbocycles. The number of thiophene rings is 1. The number of sulfonamides is 1. The van der Waals surface area contributed by atoms with Crippen LogP contribution in [0.2, 0.25) is 0 Å². The van der Waals surface area contributed by atoms with Crippen LogP contribution in [0.15, 0.2) is 80.2 Å². The summed E-state index contributed by atoms with van der Waals surface area (Å²) >= 11 is 1.56. The molecule has 1 N–H and O–H groups in total. The van der Waals surface area contributed by atoms with E-state index in [0.29, 0.717) is 18.1 Å². The average molecular weight is 494 g/mol. The molecule has 33 heavy (non-hydrogen) atoms. The minimum Gasteiger partial charge on any atom is -0.423 e. The minimum absolute atomic E-state index is 0.108. The zero-order valence-corrected chi connectivity index (χ0v) is 18.7. The lowest BCUT2D eigenvalue weighted by Gasteiger charge is -2.11. The molecule has 0 unspecified atom stereocenters. The Morgan fingerprint density at radius 1 is 0.970 bits per heavy atom. The second-order valence-corrected chi connectivity index (χ2v) is 10.2. The molecule has 0 aliphatic heterocycles. The van der Waals surface area contributed by atoms with Crippen molar-refractivity contribution in [2.24, 2.45) is 0 Å². The van der Waals surface area contributed by atoms with E-state index in [1.165, 1.54) is 24.3 Å². The zero-order chi connectivity index (χ0) is 23.6. The van der Waals surface area contributed by atoms with Crippen molar-refractivity contribution in [2.75, 3.05) is 6.54 Å². The third-order valence-electron chi connectivity index (χ3n) is 5.00. The van der Waals surface area contributed by atoms with Gasteiger partial charge >= 0.3 is 11.8 Å². The fourth-order valence-corrected chi connectivity index (χ4v) is 5.16. The van der Waals surface area contributed by atoms with Crippen molar-refractivity contribution in [3.05, 3.63) is 98.0 Å². The normalized spacial score (nSPS) is 12.3. The third-order valence-corrected chi connectivity index (χ3v) is 7.41. The van der Waals surface area contributed by atoms with Crippen LogP contribution in [0, 0.1) is 0 Å². The van der Waals surface area contributed by atoms with Crippen LogP contribution in [0.1, 0.15) is 21.6 Å². The molecule has 0 aliphatic rings. The summed E-state index contributed by atoms with van der Waals surface area (Å²) in [6.45, 7) is 0.277. The summed E-state index contributed by atoms with van der Waals surface area (Å²) in [7, 11) is -3.67. The molecule has 0 saturated carbocycles. The highest BCUT2D eigenvalue weighted by Gasteiger charge is 2.33. The van der Waals surface area contributed by atoms with Gasteiger partial charge < -0.3 is 4.42 Å². The van der Waals surface area contributed by atoms with Crippen LogP contribution >= 0.6 is 11.3 Å². The van der Waals surface area contributed by atoms with E-state index in [0.717, 1.165) is 10.4 Å². The van der Waals surface area contributed by atoms with Crippen molar-refractivity contribution in [1.29, 1.82) is 0 Å². The van der Waals surface area contributed by atoms with Crippen LogP contribution < -0.4 is 10.3 Å². The molecule has 2 heterocycles. The van der Waals surface area contributed by atoms with Crippen LogP contribution in [-0.4, -0.2) is 15.0 Å². The van der Waals surface area contributed by atoms with Gasteiger partial charge in [-0.15, -0.1) is 11.3 Å². The molecule has 2 aromatic heterocycles. The minimum atomic E-state index is -4.70. The van der Waals surface area contributed by atoms with Crippen molar-refractivity contribution in [2.45, 2.75) is 23.9 Å². The maximum Gasteiger partial charge on any atom is 0.417 e. The zero-order valence-electron chi connectivity index (χ0n) is 17.1. The molecule has 0 radical (unpaired) electrons. The molecule has 0 bridgehead atoms. The van der Waals surface area contributed by atoms with E-state index in [4.69, 9.17) is 4.42 Å². The Kier molecular flexibility index (Phi) is 6.42.